The SMILES string of the molecule is C=CSCC(O)CC. The molecule has 0 heterocycles. The van der Waals surface area contributed by atoms with Crippen molar-refractivity contribution in [3.8, 4) is 0 Å². The summed E-state index contributed by atoms with van der Waals surface area (Å²) in [6, 6.07) is 0. The maximum absolute atomic E-state index is 8.92. The van der Waals surface area contributed by atoms with Gasteiger partial charge in [0.25, 0.3) is 0 Å². The maximum atomic E-state index is 8.92. The predicted molar refractivity (Wildman–Crippen MR) is 39.0 cm³/mol. The molecule has 1 atom stereocenters. The van der Waals surface area contributed by atoms with Crippen LogP contribution in [0, 0.1) is 0 Å². The molecule has 0 bridgehead atoms. The van der Waals surface area contributed by atoms with Crippen molar-refractivity contribution in [2.45, 2.75) is 19.4 Å². The minimum Gasteiger partial charge on any atom is -0.392 e. The van der Waals surface area contributed by atoms with E-state index in [9.17, 15) is 0 Å². The van der Waals surface area contributed by atoms with E-state index in [1.807, 2.05) is 6.92 Å². The van der Waals surface area contributed by atoms with Gasteiger partial charge in [0.2, 0.25) is 0 Å². The highest BCUT2D eigenvalue weighted by molar-refractivity contribution is 8.02. The van der Waals surface area contributed by atoms with Crippen LogP contribution in [0.15, 0.2) is 12.0 Å². The van der Waals surface area contributed by atoms with E-state index in [1.54, 1.807) is 17.2 Å². The van der Waals surface area contributed by atoms with Gasteiger partial charge in [0, 0.05) is 5.75 Å². The largest absolute Gasteiger partial charge is 0.392 e. The monoisotopic (exact) mass is 132 g/mol. The van der Waals surface area contributed by atoms with Gasteiger partial charge < -0.3 is 5.11 Å². The first-order valence-corrected chi connectivity index (χ1v) is 3.76. The summed E-state index contributed by atoms with van der Waals surface area (Å²) < 4.78 is 0. The molecule has 0 aliphatic heterocycles. The Morgan fingerprint density at radius 2 is 2.50 bits per heavy atom. The van der Waals surface area contributed by atoms with Crippen LogP contribution in [0.3, 0.4) is 0 Å². The predicted octanol–water partition coefficient (Wildman–Crippen LogP) is 1.63. The van der Waals surface area contributed by atoms with Crippen LogP contribution in [0.2, 0.25) is 0 Å². The molecule has 0 aromatic heterocycles. The minimum atomic E-state index is -0.155. The van der Waals surface area contributed by atoms with Crippen molar-refractivity contribution in [2.75, 3.05) is 5.75 Å². The highest BCUT2D eigenvalue weighted by Gasteiger charge is 1.96. The Morgan fingerprint density at radius 3 is 2.88 bits per heavy atom. The van der Waals surface area contributed by atoms with E-state index in [0.717, 1.165) is 12.2 Å². The third kappa shape index (κ3) is 4.22. The van der Waals surface area contributed by atoms with Gasteiger partial charge in [0.1, 0.15) is 0 Å². The van der Waals surface area contributed by atoms with Crippen LogP contribution in [0.25, 0.3) is 0 Å². The molecule has 0 saturated carbocycles. The summed E-state index contributed by atoms with van der Waals surface area (Å²) in [4.78, 5) is 0. The minimum absolute atomic E-state index is 0.155. The summed E-state index contributed by atoms with van der Waals surface area (Å²) in [5.41, 5.74) is 0. The second kappa shape index (κ2) is 5.19. The molecule has 1 nitrogen and oxygen atoms in total. The molecule has 0 aliphatic carbocycles. The molecule has 1 N–H and O–H groups in total. The second-order valence-corrected chi connectivity index (χ2v) is 2.56. The molecule has 48 valence electrons. The molecule has 0 aromatic carbocycles. The van der Waals surface area contributed by atoms with E-state index < -0.39 is 0 Å². The zero-order valence-corrected chi connectivity index (χ0v) is 5.95. The van der Waals surface area contributed by atoms with E-state index in [1.165, 1.54) is 0 Å². The van der Waals surface area contributed by atoms with E-state index in [2.05, 4.69) is 6.58 Å². The Balaban J connectivity index is 2.97. The fourth-order valence-corrected chi connectivity index (χ4v) is 0.891. The Kier molecular flexibility index (Phi) is 5.22. The fraction of sp³-hybridized carbons (Fsp3) is 0.667. The normalized spacial score (nSPS) is 13.2. The maximum Gasteiger partial charge on any atom is 0.0631 e. The first-order chi connectivity index (χ1) is 3.81. The summed E-state index contributed by atoms with van der Waals surface area (Å²) in [5.74, 6) is 0.778. The van der Waals surface area contributed by atoms with Crippen molar-refractivity contribution in [3.63, 3.8) is 0 Å². The van der Waals surface area contributed by atoms with Gasteiger partial charge in [-0.1, -0.05) is 13.5 Å². The molecule has 2 heteroatoms. The van der Waals surface area contributed by atoms with Gasteiger partial charge in [-0.15, -0.1) is 11.8 Å². The van der Waals surface area contributed by atoms with Crippen LogP contribution in [0.5, 0.6) is 0 Å². The van der Waals surface area contributed by atoms with Crippen LogP contribution in [0.1, 0.15) is 13.3 Å². The van der Waals surface area contributed by atoms with Crippen molar-refractivity contribution in [1.82, 2.24) is 0 Å². The van der Waals surface area contributed by atoms with Gasteiger partial charge in [-0.2, -0.15) is 0 Å². The molecule has 0 saturated heterocycles. The van der Waals surface area contributed by atoms with Gasteiger partial charge >= 0.3 is 0 Å². The van der Waals surface area contributed by atoms with Crippen molar-refractivity contribution < 1.29 is 5.11 Å². The Morgan fingerprint density at radius 1 is 1.88 bits per heavy atom. The number of aliphatic hydroxyl groups is 1. The van der Waals surface area contributed by atoms with Gasteiger partial charge in [-0.05, 0) is 11.8 Å². The molecule has 0 aromatic rings. The molecule has 0 aliphatic rings. The number of rotatable bonds is 4. The van der Waals surface area contributed by atoms with Crippen molar-refractivity contribution >= 4 is 11.8 Å². The van der Waals surface area contributed by atoms with Gasteiger partial charge in [0.05, 0.1) is 6.10 Å². The lowest BCUT2D eigenvalue weighted by molar-refractivity contribution is 0.195. The number of hydrogen-bond donors (Lipinski definition) is 1. The molecule has 0 rings (SSSR count). The molecular formula is C6H12OS. The van der Waals surface area contributed by atoms with Crippen LogP contribution in [-0.4, -0.2) is 17.0 Å². The molecule has 0 spiro atoms. The van der Waals surface area contributed by atoms with E-state index in [-0.39, 0.29) is 6.10 Å². The summed E-state index contributed by atoms with van der Waals surface area (Å²) in [7, 11) is 0. The fourth-order valence-electron chi connectivity index (χ4n) is 0.297. The van der Waals surface area contributed by atoms with E-state index in [4.69, 9.17) is 5.11 Å². The quantitative estimate of drug-likeness (QED) is 0.627. The molecule has 8 heavy (non-hydrogen) atoms. The summed E-state index contributed by atoms with van der Waals surface area (Å²) in [5, 5.41) is 10.7. The first-order valence-electron chi connectivity index (χ1n) is 2.71. The first kappa shape index (κ1) is 8.05. The van der Waals surface area contributed by atoms with Crippen LogP contribution >= 0.6 is 11.8 Å². The highest BCUT2D eigenvalue weighted by Crippen LogP contribution is 2.04. The third-order valence-corrected chi connectivity index (χ3v) is 1.69. The highest BCUT2D eigenvalue weighted by atomic mass is 32.2. The van der Waals surface area contributed by atoms with Gasteiger partial charge in [0.15, 0.2) is 0 Å². The number of hydrogen-bond acceptors (Lipinski definition) is 2. The lowest BCUT2D eigenvalue weighted by atomic mass is 10.3. The third-order valence-electron chi connectivity index (χ3n) is 0.878. The van der Waals surface area contributed by atoms with Crippen LogP contribution in [0.4, 0.5) is 0 Å². The summed E-state index contributed by atoms with van der Waals surface area (Å²) in [6.45, 7) is 5.49. The zero-order chi connectivity index (χ0) is 6.41. The molecule has 0 radical (unpaired) electrons. The molecular weight excluding hydrogens is 120 g/mol. The van der Waals surface area contributed by atoms with E-state index in [0.29, 0.717) is 0 Å². The topological polar surface area (TPSA) is 20.2 Å². The van der Waals surface area contributed by atoms with Gasteiger partial charge in [-0.25, -0.2) is 0 Å². The smallest absolute Gasteiger partial charge is 0.0631 e. The average molecular weight is 132 g/mol. The number of aliphatic hydroxyl groups excluding tert-OH is 1. The molecule has 0 fully saturated rings. The summed E-state index contributed by atoms with van der Waals surface area (Å²) in [6.07, 6.45) is 0.680. The van der Waals surface area contributed by atoms with Gasteiger partial charge in [-0.3, -0.25) is 0 Å². The van der Waals surface area contributed by atoms with Crippen LogP contribution in [-0.2, 0) is 0 Å². The Labute approximate surface area is 54.8 Å². The standard InChI is InChI=1S/C6H12OS/c1-3-6(7)5-8-4-2/h4,6-7H,2-3,5H2,1H3. The van der Waals surface area contributed by atoms with E-state index >= 15 is 0 Å². The summed E-state index contributed by atoms with van der Waals surface area (Å²) >= 11 is 1.55. The lowest BCUT2D eigenvalue weighted by Crippen LogP contribution is -2.06. The van der Waals surface area contributed by atoms with Crippen LogP contribution < -0.4 is 0 Å². The Bertz CT molecular complexity index is 63.5. The molecule has 1 unspecified atom stereocenters. The van der Waals surface area contributed by atoms with Crippen molar-refractivity contribution in [2.24, 2.45) is 0 Å². The Hall–Kier alpha value is 0.0500. The van der Waals surface area contributed by atoms with Crippen molar-refractivity contribution in [3.05, 3.63) is 12.0 Å². The number of thioether (sulfide) groups is 1. The van der Waals surface area contributed by atoms with Crippen molar-refractivity contribution in [1.29, 1.82) is 0 Å². The second-order valence-electron chi connectivity index (χ2n) is 1.56. The zero-order valence-electron chi connectivity index (χ0n) is 5.13. The average Bonchev–Trinajstić information content (AvgIpc) is 1.83. The lowest BCUT2D eigenvalue weighted by Gasteiger charge is -2.02. The molecule has 0 amide bonds.